The SMILES string of the molecule is O=C(c1cc(Cl)cc(Cl)c1)P(c1ccccc1)c1ccccc1. The topological polar surface area (TPSA) is 17.1 Å². The molecular weight excluding hydrogens is 346 g/mol. The predicted octanol–water partition coefficient (Wildman–Crippen LogP) is 5.27. The van der Waals surface area contributed by atoms with E-state index in [1.54, 1.807) is 18.2 Å². The van der Waals surface area contributed by atoms with E-state index < -0.39 is 7.92 Å². The van der Waals surface area contributed by atoms with Crippen LogP contribution in [0.3, 0.4) is 0 Å². The van der Waals surface area contributed by atoms with E-state index in [1.807, 2.05) is 60.7 Å². The predicted molar refractivity (Wildman–Crippen MR) is 99.9 cm³/mol. The molecule has 114 valence electrons. The van der Waals surface area contributed by atoms with Crippen LogP contribution in [0.1, 0.15) is 10.4 Å². The second-order valence-corrected chi connectivity index (χ2v) is 7.95. The standard InChI is InChI=1S/C19H13Cl2OP/c20-15-11-14(12-16(21)13-15)19(22)23(17-7-3-1-4-8-17)18-9-5-2-6-10-18/h1-13H. The first-order valence-corrected chi connectivity index (χ1v) is 9.15. The highest BCUT2D eigenvalue weighted by atomic mass is 35.5. The lowest BCUT2D eigenvalue weighted by Gasteiger charge is -2.17. The molecule has 0 atom stereocenters. The zero-order valence-corrected chi connectivity index (χ0v) is 14.5. The Morgan fingerprint density at radius 2 is 1.13 bits per heavy atom. The van der Waals surface area contributed by atoms with Crippen molar-refractivity contribution in [3.05, 3.63) is 94.5 Å². The van der Waals surface area contributed by atoms with E-state index in [-0.39, 0.29) is 5.52 Å². The number of carbonyl (C=O) groups is 1. The fourth-order valence-electron chi connectivity index (χ4n) is 2.34. The summed E-state index contributed by atoms with van der Waals surface area (Å²) in [5, 5.41) is 2.96. The first-order chi connectivity index (χ1) is 11.1. The molecule has 0 spiro atoms. The molecule has 23 heavy (non-hydrogen) atoms. The number of carbonyl (C=O) groups excluding carboxylic acids is 1. The lowest BCUT2D eigenvalue weighted by molar-refractivity contribution is 0.108. The molecule has 0 bridgehead atoms. The third-order valence-electron chi connectivity index (χ3n) is 3.34. The van der Waals surface area contributed by atoms with Crippen molar-refractivity contribution in [3.8, 4) is 0 Å². The molecule has 0 saturated heterocycles. The molecule has 0 radical (unpaired) electrons. The van der Waals surface area contributed by atoms with Crippen LogP contribution in [0, 0.1) is 0 Å². The Morgan fingerprint density at radius 1 is 0.696 bits per heavy atom. The minimum absolute atomic E-state index is 0.0433. The molecule has 0 saturated carbocycles. The monoisotopic (exact) mass is 358 g/mol. The zero-order chi connectivity index (χ0) is 16.2. The van der Waals surface area contributed by atoms with E-state index in [9.17, 15) is 4.79 Å². The second-order valence-electron chi connectivity index (χ2n) is 4.97. The summed E-state index contributed by atoms with van der Waals surface area (Å²) in [4.78, 5) is 13.2. The maximum absolute atomic E-state index is 13.2. The summed E-state index contributed by atoms with van der Waals surface area (Å²) in [7, 11) is -1.17. The Bertz CT molecular complexity index is 760. The molecule has 0 aliphatic rings. The van der Waals surface area contributed by atoms with E-state index in [0.717, 1.165) is 10.6 Å². The average Bonchev–Trinajstić information content (AvgIpc) is 2.56. The fourth-order valence-corrected chi connectivity index (χ4v) is 4.97. The molecule has 0 aliphatic heterocycles. The average molecular weight is 359 g/mol. The van der Waals surface area contributed by atoms with Gasteiger partial charge in [-0.2, -0.15) is 0 Å². The van der Waals surface area contributed by atoms with Crippen molar-refractivity contribution in [3.63, 3.8) is 0 Å². The largest absolute Gasteiger partial charge is 0.288 e. The van der Waals surface area contributed by atoms with Gasteiger partial charge in [0.2, 0.25) is 0 Å². The number of rotatable bonds is 4. The Morgan fingerprint density at radius 3 is 1.57 bits per heavy atom. The van der Waals surface area contributed by atoms with Gasteiger partial charge in [0.15, 0.2) is 5.52 Å². The van der Waals surface area contributed by atoms with Gasteiger partial charge in [-0.05, 0) is 28.8 Å². The van der Waals surface area contributed by atoms with Crippen LogP contribution >= 0.6 is 31.1 Å². The Hall–Kier alpha value is -1.66. The normalized spacial score (nSPS) is 10.7. The van der Waals surface area contributed by atoms with Crippen LogP contribution in [0.4, 0.5) is 0 Å². The molecule has 0 N–H and O–H groups in total. The lowest BCUT2D eigenvalue weighted by atomic mass is 10.2. The highest BCUT2D eigenvalue weighted by Crippen LogP contribution is 2.38. The summed E-state index contributed by atoms with van der Waals surface area (Å²) in [6.45, 7) is 0. The Kier molecular flexibility index (Phi) is 5.13. The van der Waals surface area contributed by atoms with Crippen LogP contribution in [0.2, 0.25) is 10.0 Å². The van der Waals surface area contributed by atoms with Crippen LogP contribution in [-0.2, 0) is 0 Å². The minimum atomic E-state index is -1.17. The van der Waals surface area contributed by atoms with Crippen LogP contribution in [-0.4, -0.2) is 5.52 Å². The molecule has 1 nitrogen and oxygen atoms in total. The quantitative estimate of drug-likeness (QED) is 0.581. The lowest BCUT2D eigenvalue weighted by Crippen LogP contribution is -2.18. The van der Waals surface area contributed by atoms with Crippen LogP contribution in [0.25, 0.3) is 0 Å². The first kappa shape index (κ1) is 16.2. The first-order valence-electron chi connectivity index (χ1n) is 7.06. The molecule has 0 heterocycles. The third kappa shape index (κ3) is 3.82. The van der Waals surface area contributed by atoms with Gasteiger partial charge in [-0.3, -0.25) is 4.79 Å². The summed E-state index contributed by atoms with van der Waals surface area (Å²) in [6.07, 6.45) is 0. The summed E-state index contributed by atoms with van der Waals surface area (Å²) >= 11 is 12.1. The second kappa shape index (κ2) is 7.27. The highest BCUT2D eigenvalue weighted by Gasteiger charge is 2.24. The van der Waals surface area contributed by atoms with E-state index in [4.69, 9.17) is 23.2 Å². The van der Waals surface area contributed by atoms with Gasteiger partial charge in [0.1, 0.15) is 0 Å². The van der Waals surface area contributed by atoms with E-state index in [2.05, 4.69) is 0 Å². The molecule has 3 aromatic carbocycles. The van der Waals surface area contributed by atoms with Crippen molar-refractivity contribution in [1.29, 1.82) is 0 Å². The maximum Gasteiger partial charge on any atom is 0.193 e. The van der Waals surface area contributed by atoms with Gasteiger partial charge in [-0.15, -0.1) is 0 Å². The minimum Gasteiger partial charge on any atom is -0.288 e. The fraction of sp³-hybridized carbons (Fsp3) is 0. The van der Waals surface area contributed by atoms with E-state index in [1.165, 1.54) is 0 Å². The van der Waals surface area contributed by atoms with Crippen LogP contribution < -0.4 is 10.6 Å². The summed E-state index contributed by atoms with van der Waals surface area (Å²) in [5.74, 6) is 0. The zero-order valence-electron chi connectivity index (χ0n) is 12.1. The third-order valence-corrected chi connectivity index (χ3v) is 6.07. The summed E-state index contributed by atoms with van der Waals surface area (Å²) < 4.78 is 0. The van der Waals surface area contributed by atoms with Gasteiger partial charge in [-0.25, -0.2) is 0 Å². The molecule has 3 aromatic rings. The van der Waals surface area contributed by atoms with Crippen LogP contribution in [0.5, 0.6) is 0 Å². The highest BCUT2D eigenvalue weighted by molar-refractivity contribution is 7.88. The van der Waals surface area contributed by atoms with Crippen molar-refractivity contribution in [1.82, 2.24) is 0 Å². The van der Waals surface area contributed by atoms with Crippen molar-refractivity contribution >= 4 is 47.3 Å². The van der Waals surface area contributed by atoms with E-state index >= 15 is 0 Å². The number of benzene rings is 3. The molecule has 0 unspecified atom stereocenters. The summed E-state index contributed by atoms with van der Waals surface area (Å²) in [6, 6.07) is 24.6. The van der Waals surface area contributed by atoms with Crippen molar-refractivity contribution in [2.75, 3.05) is 0 Å². The van der Waals surface area contributed by atoms with Gasteiger partial charge >= 0.3 is 0 Å². The molecule has 3 rings (SSSR count). The Balaban J connectivity index is 2.10. The van der Waals surface area contributed by atoms with Crippen molar-refractivity contribution in [2.45, 2.75) is 0 Å². The number of hydrogen-bond acceptors (Lipinski definition) is 1. The molecule has 0 amide bonds. The van der Waals surface area contributed by atoms with E-state index in [0.29, 0.717) is 15.6 Å². The van der Waals surface area contributed by atoms with Gasteiger partial charge in [0.25, 0.3) is 0 Å². The summed E-state index contributed by atoms with van der Waals surface area (Å²) in [5.41, 5.74) is 0.586. The maximum atomic E-state index is 13.2. The molecule has 0 aliphatic carbocycles. The van der Waals surface area contributed by atoms with Gasteiger partial charge in [-0.1, -0.05) is 83.9 Å². The number of halogens is 2. The molecule has 0 aromatic heterocycles. The molecule has 4 heteroatoms. The van der Waals surface area contributed by atoms with Gasteiger partial charge in [0.05, 0.1) is 0 Å². The van der Waals surface area contributed by atoms with Crippen molar-refractivity contribution < 1.29 is 4.79 Å². The van der Waals surface area contributed by atoms with Crippen molar-refractivity contribution in [2.24, 2.45) is 0 Å². The molecular formula is C19H13Cl2OP. The van der Waals surface area contributed by atoms with Gasteiger partial charge < -0.3 is 0 Å². The van der Waals surface area contributed by atoms with Gasteiger partial charge in [0, 0.05) is 23.5 Å². The smallest absolute Gasteiger partial charge is 0.193 e. The molecule has 0 fully saturated rings. The van der Waals surface area contributed by atoms with Crippen LogP contribution in [0.15, 0.2) is 78.9 Å². The number of hydrogen-bond donors (Lipinski definition) is 0. The Labute approximate surface area is 146 Å².